The lowest BCUT2D eigenvalue weighted by atomic mass is 10.1. The van der Waals surface area contributed by atoms with Gasteiger partial charge in [-0.25, -0.2) is 0 Å². The van der Waals surface area contributed by atoms with Gasteiger partial charge in [0.05, 0.1) is 19.4 Å². The van der Waals surface area contributed by atoms with Crippen LogP contribution in [0.5, 0.6) is 0 Å². The van der Waals surface area contributed by atoms with Gasteiger partial charge < -0.3 is 31.7 Å². The minimum absolute atomic E-state index is 0.446. The molecule has 3 amide bonds. The number of aliphatic carboxylic acids is 2. The standard InChI is InChI=1S/C11H17N3O8/c12-10(21)6(4-15)14-11(22)5(3-9(19)20)13-7(16)1-2-8(17)18/h5-6,15H,1-4H2,(H2,12,21)(H,13,16)(H,14,22)(H,17,18)(H,19,20)/t5-,6-/m0/s1. The fourth-order valence-electron chi connectivity index (χ4n) is 1.35. The molecule has 0 aromatic rings. The summed E-state index contributed by atoms with van der Waals surface area (Å²) in [5, 5.41) is 30.0. The number of aliphatic hydroxyl groups is 1. The predicted molar refractivity (Wildman–Crippen MR) is 69.3 cm³/mol. The van der Waals surface area contributed by atoms with E-state index >= 15 is 0 Å². The average Bonchev–Trinajstić information content (AvgIpc) is 2.40. The first-order chi connectivity index (χ1) is 10.2. The molecule has 0 saturated heterocycles. The van der Waals surface area contributed by atoms with Gasteiger partial charge in [0, 0.05) is 6.42 Å². The molecule has 0 spiro atoms. The fourth-order valence-corrected chi connectivity index (χ4v) is 1.35. The minimum Gasteiger partial charge on any atom is -0.481 e. The van der Waals surface area contributed by atoms with Crippen LogP contribution in [0.1, 0.15) is 19.3 Å². The normalized spacial score (nSPS) is 12.8. The van der Waals surface area contributed by atoms with Crippen molar-refractivity contribution in [1.29, 1.82) is 0 Å². The molecule has 7 N–H and O–H groups in total. The first-order valence-electron chi connectivity index (χ1n) is 6.10. The lowest BCUT2D eigenvalue weighted by molar-refractivity contribution is -0.142. The maximum Gasteiger partial charge on any atom is 0.305 e. The van der Waals surface area contributed by atoms with E-state index in [-0.39, 0.29) is 0 Å². The highest BCUT2D eigenvalue weighted by atomic mass is 16.4. The van der Waals surface area contributed by atoms with Crippen LogP contribution in [0, 0.1) is 0 Å². The molecule has 0 radical (unpaired) electrons. The maximum absolute atomic E-state index is 11.8. The molecule has 0 heterocycles. The van der Waals surface area contributed by atoms with Gasteiger partial charge in [-0.1, -0.05) is 0 Å². The third-order valence-electron chi connectivity index (χ3n) is 2.44. The molecule has 0 bridgehead atoms. The molecular formula is C11H17N3O8. The number of aliphatic hydroxyl groups excluding tert-OH is 1. The van der Waals surface area contributed by atoms with Crippen LogP contribution in [0.15, 0.2) is 0 Å². The molecule has 0 aliphatic rings. The number of hydrogen-bond donors (Lipinski definition) is 6. The molecule has 11 heteroatoms. The molecule has 0 aromatic carbocycles. The van der Waals surface area contributed by atoms with Crippen LogP contribution in [0.3, 0.4) is 0 Å². The van der Waals surface area contributed by atoms with Crippen molar-refractivity contribution in [2.24, 2.45) is 5.73 Å². The predicted octanol–water partition coefficient (Wildman–Crippen LogP) is -3.23. The SMILES string of the molecule is NC(=O)[C@H](CO)NC(=O)[C@H](CC(=O)O)NC(=O)CCC(=O)O. The molecule has 124 valence electrons. The number of carboxylic acids is 2. The molecule has 0 saturated carbocycles. The molecule has 11 nitrogen and oxygen atoms in total. The van der Waals surface area contributed by atoms with Gasteiger partial charge in [-0.3, -0.25) is 24.0 Å². The summed E-state index contributed by atoms with van der Waals surface area (Å²) in [4.78, 5) is 55.1. The first-order valence-corrected chi connectivity index (χ1v) is 6.10. The summed E-state index contributed by atoms with van der Waals surface area (Å²) in [6.07, 6.45) is -1.73. The van der Waals surface area contributed by atoms with E-state index in [1.807, 2.05) is 10.6 Å². The summed E-state index contributed by atoms with van der Waals surface area (Å²) in [6.45, 7) is -0.798. The number of carbonyl (C=O) groups is 5. The highest BCUT2D eigenvalue weighted by Crippen LogP contribution is 1.98. The van der Waals surface area contributed by atoms with Gasteiger partial charge in [0.25, 0.3) is 0 Å². The van der Waals surface area contributed by atoms with Gasteiger partial charge in [-0.05, 0) is 0 Å². The van der Waals surface area contributed by atoms with E-state index < -0.39 is 67.6 Å². The van der Waals surface area contributed by atoms with Gasteiger partial charge >= 0.3 is 11.9 Å². The van der Waals surface area contributed by atoms with Crippen molar-refractivity contribution in [3.8, 4) is 0 Å². The van der Waals surface area contributed by atoms with E-state index in [0.717, 1.165) is 0 Å². The third-order valence-corrected chi connectivity index (χ3v) is 2.44. The van der Waals surface area contributed by atoms with Crippen LogP contribution in [0.4, 0.5) is 0 Å². The Labute approximate surface area is 124 Å². The van der Waals surface area contributed by atoms with Crippen molar-refractivity contribution in [3.05, 3.63) is 0 Å². The van der Waals surface area contributed by atoms with E-state index in [2.05, 4.69) is 0 Å². The van der Waals surface area contributed by atoms with E-state index in [1.165, 1.54) is 0 Å². The molecule has 0 aromatic heterocycles. The largest absolute Gasteiger partial charge is 0.481 e. The van der Waals surface area contributed by atoms with Gasteiger partial charge in [-0.15, -0.1) is 0 Å². The second-order valence-electron chi connectivity index (χ2n) is 4.26. The Hall–Kier alpha value is -2.69. The van der Waals surface area contributed by atoms with Crippen molar-refractivity contribution in [3.63, 3.8) is 0 Å². The Morgan fingerprint density at radius 3 is 1.91 bits per heavy atom. The number of nitrogens with two attached hydrogens (primary N) is 1. The summed E-state index contributed by atoms with van der Waals surface area (Å²) in [7, 11) is 0. The van der Waals surface area contributed by atoms with Gasteiger partial charge in [0.1, 0.15) is 12.1 Å². The number of carbonyl (C=O) groups excluding carboxylic acids is 3. The minimum atomic E-state index is -1.54. The van der Waals surface area contributed by atoms with Gasteiger partial charge in [0.15, 0.2) is 0 Å². The molecule has 0 fully saturated rings. The lowest BCUT2D eigenvalue weighted by Crippen LogP contribution is -2.54. The Balaban J connectivity index is 4.77. The van der Waals surface area contributed by atoms with Crippen molar-refractivity contribution in [1.82, 2.24) is 10.6 Å². The van der Waals surface area contributed by atoms with Crippen LogP contribution in [-0.4, -0.2) is 63.7 Å². The Morgan fingerprint density at radius 1 is 0.909 bits per heavy atom. The second kappa shape index (κ2) is 9.28. The fraction of sp³-hybridized carbons (Fsp3) is 0.545. The van der Waals surface area contributed by atoms with Crippen LogP contribution < -0.4 is 16.4 Å². The molecule has 0 unspecified atom stereocenters. The Bertz CT molecular complexity index is 464. The highest BCUT2D eigenvalue weighted by Gasteiger charge is 2.27. The first kappa shape index (κ1) is 19.3. The monoisotopic (exact) mass is 319 g/mol. The van der Waals surface area contributed by atoms with Crippen molar-refractivity contribution in [2.75, 3.05) is 6.61 Å². The molecular weight excluding hydrogens is 302 g/mol. The summed E-state index contributed by atoms with van der Waals surface area (Å²) in [6, 6.07) is -2.97. The summed E-state index contributed by atoms with van der Waals surface area (Å²) < 4.78 is 0. The van der Waals surface area contributed by atoms with Crippen LogP contribution >= 0.6 is 0 Å². The van der Waals surface area contributed by atoms with E-state index in [1.54, 1.807) is 0 Å². The lowest BCUT2D eigenvalue weighted by Gasteiger charge is -2.19. The van der Waals surface area contributed by atoms with E-state index in [4.69, 9.17) is 21.1 Å². The van der Waals surface area contributed by atoms with Gasteiger partial charge in [-0.2, -0.15) is 0 Å². The zero-order valence-electron chi connectivity index (χ0n) is 11.4. The average molecular weight is 319 g/mol. The number of primary amides is 1. The van der Waals surface area contributed by atoms with Crippen molar-refractivity contribution >= 4 is 29.7 Å². The van der Waals surface area contributed by atoms with Crippen LogP contribution in [0.2, 0.25) is 0 Å². The number of nitrogens with one attached hydrogen (secondary N) is 2. The van der Waals surface area contributed by atoms with E-state index in [0.29, 0.717) is 0 Å². The third kappa shape index (κ3) is 7.79. The zero-order valence-corrected chi connectivity index (χ0v) is 11.4. The Kier molecular flexibility index (Phi) is 8.15. The van der Waals surface area contributed by atoms with Crippen LogP contribution in [0.25, 0.3) is 0 Å². The van der Waals surface area contributed by atoms with Crippen LogP contribution in [-0.2, 0) is 24.0 Å². The smallest absolute Gasteiger partial charge is 0.305 e. The molecule has 0 rings (SSSR count). The quantitative estimate of drug-likeness (QED) is 0.241. The molecule has 22 heavy (non-hydrogen) atoms. The van der Waals surface area contributed by atoms with E-state index in [9.17, 15) is 24.0 Å². The van der Waals surface area contributed by atoms with Crippen molar-refractivity contribution < 1.29 is 39.3 Å². The molecule has 0 aliphatic carbocycles. The topological polar surface area (TPSA) is 196 Å². The highest BCUT2D eigenvalue weighted by molar-refractivity contribution is 5.94. The van der Waals surface area contributed by atoms with Gasteiger partial charge in [0.2, 0.25) is 17.7 Å². The number of carboxylic acid groups (broad SMARTS) is 2. The maximum atomic E-state index is 11.8. The number of hydrogen-bond acceptors (Lipinski definition) is 6. The molecule has 0 aliphatic heterocycles. The summed E-state index contributed by atoms with van der Waals surface area (Å²) in [5.41, 5.74) is 4.90. The number of rotatable bonds is 10. The zero-order chi connectivity index (χ0) is 17.3. The number of amides is 3. The molecule has 2 atom stereocenters. The summed E-state index contributed by atoms with van der Waals surface area (Å²) >= 11 is 0. The summed E-state index contributed by atoms with van der Waals surface area (Å²) in [5.74, 6) is -5.56. The Morgan fingerprint density at radius 2 is 1.50 bits per heavy atom. The van der Waals surface area contributed by atoms with Crippen molar-refractivity contribution in [2.45, 2.75) is 31.3 Å². The second-order valence-corrected chi connectivity index (χ2v) is 4.26.